The van der Waals surface area contributed by atoms with Gasteiger partial charge < -0.3 is 33.8 Å². The van der Waals surface area contributed by atoms with E-state index in [1.165, 1.54) is 96.3 Å². The van der Waals surface area contributed by atoms with E-state index in [-0.39, 0.29) is 25.7 Å². The van der Waals surface area contributed by atoms with Gasteiger partial charge >= 0.3 is 39.5 Å². The van der Waals surface area contributed by atoms with E-state index in [0.717, 1.165) is 141 Å². The molecule has 0 aromatic rings. The van der Waals surface area contributed by atoms with Gasteiger partial charge in [-0.25, -0.2) is 9.13 Å². The standard InChI is InChI=1S/C81H140O17P2/c1-5-9-13-17-21-25-29-33-36-37-40-44-48-52-56-60-64-68-81(86)98-76(71-91-78(83)65-61-57-53-49-45-41-32-28-24-20-16-12-8-4)73-95-99(87,88)93-69-75(82)70-94-100(89,90)96-74-77(97-80(85)67-63-59-55-51-47-43-39-35-31-27-23-19-15-11-7-3)72-92-79(84)66-62-58-54-50-46-42-38-34-30-26-22-18-14-10-6-2/h21,25-28,30-36,38-40,44,52,56,75-77,82H,5-20,22-24,29,37,41-43,45-51,53-55,57-74H2,1-4H3,(H,87,88)(H,89,90)/b25-21-,30-26-,31-27-,32-28-,36-33-,38-34-,39-35-,44-40-,56-52-/t75-,76+,77+/m0/s1. The Balaban J connectivity index is 5.44. The highest BCUT2D eigenvalue weighted by Gasteiger charge is 2.30. The molecule has 0 aliphatic carbocycles. The van der Waals surface area contributed by atoms with Crippen LogP contribution in [0.4, 0.5) is 0 Å². The first-order valence-corrected chi connectivity index (χ1v) is 42.2. The van der Waals surface area contributed by atoms with Crippen molar-refractivity contribution in [3.05, 3.63) is 109 Å². The molecule has 19 heteroatoms. The van der Waals surface area contributed by atoms with Crippen molar-refractivity contribution in [2.24, 2.45) is 0 Å². The van der Waals surface area contributed by atoms with Gasteiger partial charge in [0.05, 0.1) is 26.4 Å². The van der Waals surface area contributed by atoms with Crippen LogP contribution in [0.15, 0.2) is 109 Å². The first kappa shape index (κ1) is 95.7. The fourth-order valence-corrected chi connectivity index (χ4v) is 11.8. The van der Waals surface area contributed by atoms with Crippen LogP contribution in [0.25, 0.3) is 0 Å². The van der Waals surface area contributed by atoms with Crippen molar-refractivity contribution in [3.8, 4) is 0 Å². The molecule has 576 valence electrons. The number of hydrogen-bond donors (Lipinski definition) is 3. The third-order valence-corrected chi connectivity index (χ3v) is 18.1. The zero-order valence-corrected chi connectivity index (χ0v) is 64.6. The van der Waals surface area contributed by atoms with Gasteiger partial charge in [0.2, 0.25) is 0 Å². The van der Waals surface area contributed by atoms with Crippen molar-refractivity contribution in [3.63, 3.8) is 0 Å². The van der Waals surface area contributed by atoms with Gasteiger partial charge in [0.1, 0.15) is 19.3 Å². The highest BCUT2D eigenvalue weighted by Crippen LogP contribution is 2.45. The Morgan fingerprint density at radius 1 is 0.290 bits per heavy atom. The third-order valence-electron chi connectivity index (χ3n) is 16.2. The summed E-state index contributed by atoms with van der Waals surface area (Å²) in [6.07, 6.45) is 77.9. The normalized spacial score (nSPS) is 14.5. The lowest BCUT2D eigenvalue weighted by Crippen LogP contribution is -2.30. The molecule has 0 aromatic heterocycles. The number of unbranched alkanes of at least 4 members (excludes halogenated alkanes) is 31. The van der Waals surface area contributed by atoms with Gasteiger partial charge in [-0.05, 0) is 141 Å². The number of aliphatic hydroxyl groups excluding tert-OH is 1. The van der Waals surface area contributed by atoms with Crippen LogP contribution in [0.3, 0.4) is 0 Å². The molecule has 0 saturated carbocycles. The second-order valence-electron chi connectivity index (χ2n) is 26.0. The van der Waals surface area contributed by atoms with Crippen LogP contribution >= 0.6 is 15.6 Å². The Hall–Kier alpha value is -4.28. The Labute approximate surface area is 607 Å². The summed E-state index contributed by atoms with van der Waals surface area (Å²) in [5.74, 6) is -2.28. The molecule has 100 heavy (non-hydrogen) atoms. The summed E-state index contributed by atoms with van der Waals surface area (Å²) in [5, 5.41) is 10.6. The Bertz CT molecular complexity index is 2320. The average Bonchev–Trinajstić information content (AvgIpc) is 1.13. The number of hydrogen-bond acceptors (Lipinski definition) is 15. The summed E-state index contributed by atoms with van der Waals surface area (Å²) < 4.78 is 68.4. The number of allylic oxidation sites excluding steroid dienone is 18. The Morgan fingerprint density at radius 2 is 0.530 bits per heavy atom. The van der Waals surface area contributed by atoms with E-state index in [2.05, 4.69) is 125 Å². The molecular weight excluding hydrogens is 1310 g/mol. The molecule has 3 N–H and O–H groups in total. The van der Waals surface area contributed by atoms with E-state index in [1.54, 1.807) is 0 Å². The summed E-state index contributed by atoms with van der Waals surface area (Å²) in [7, 11) is -9.98. The molecule has 0 saturated heterocycles. The molecule has 2 unspecified atom stereocenters. The predicted molar refractivity (Wildman–Crippen MR) is 408 cm³/mol. The van der Waals surface area contributed by atoms with Crippen molar-refractivity contribution in [2.75, 3.05) is 39.6 Å². The molecule has 0 amide bonds. The summed E-state index contributed by atoms with van der Waals surface area (Å²) >= 11 is 0. The predicted octanol–water partition coefficient (Wildman–Crippen LogP) is 22.6. The van der Waals surface area contributed by atoms with E-state index in [9.17, 15) is 43.2 Å². The second kappa shape index (κ2) is 73.0. The van der Waals surface area contributed by atoms with Gasteiger partial charge in [-0.2, -0.15) is 0 Å². The van der Waals surface area contributed by atoms with Crippen LogP contribution in [-0.4, -0.2) is 96.7 Å². The lowest BCUT2D eigenvalue weighted by molar-refractivity contribution is -0.161. The van der Waals surface area contributed by atoms with Crippen molar-refractivity contribution in [1.82, 2.24) is 0 Å². The van der Waals surface area contributed by atoms with Crippen LogP contribution in [0.5, 0.6) is 0 Å². The topological polar surface area (TPSA) is 237 Å². The number of rotatable bonds is 73. The van der Waals surface area contributed by atoms with Crippen LogP contribution in [-0.2, 0) is 65.4 Å². The molecule has 0 spiro atoms. The third kappa shape index (κ3) is 72.1. The maximum absolute atomic E-state index is 13.1. The molecule has 17 nitrogen and oxygen atoms in total. The minimum absolute atomic E-state index is 0.0163. The summed E-state index contributed by atoms with van der Waals surface area (Å²) in [4.78, 5) is 72.9. The quantitative estimate of drug-likeness (QED) is 0.0128. The van der Waals surface area contributed by atoms with Gasteiger partial charge in [-0.3, -0.25) is 37.3 Å². The number of esters is 4. The lowest BCUT2D eigenvalue weighted by atomic mass is 10.1. The number of phosphoric acid groups is 2. The number of aliphatic hydroxyl groups is 1. The fraction of sp³-hybridized carbons (Fsp3) is 0.728. The SMILES string of the molecule is CCCCC/C=C\C/C=C\C/C=C\C/C=C\CCCC(=O)O[C@H](COC(=O)CCCCCCC/C=C\CCCCCC)COP(=O)(O)OC[C@H](O)COP(=O)(O)OC[C@@H](COC(=O)CCCCCCC/C=C\C=C/CCCCCC)OC(=O)CCCCCCC/C=C\C=C/CCCCCC. The van der Waals surface area contributed by atoms with Gasteiger partial charge in [0.25, 0.3) is 0 Å². The molecule has 0 radical (unpaired) electrons. The van der Waals surface area contributed by atoms with E-state index in [0.29, 0.717) is 32.1 Å². The number of carbonyl (C=O) groups is 4. The Kier molecular flexibility index (Phi) is 69.9. The minimum atomic E-state index is -4.99. The van der Waals surface area contributed by atoms with E-state index in [4.69, 9.17) is 37.0 Å². The molecule has 0 aromatic carbocycles. The highest BCUT2D eigenvalue weighted by molar-refractivity contribution is 7.47. The Morgan fingerprint density at radius 3 is 0.880 bits per heavy atom. The van der Waals surface area contributed by atoms with Crippen LogP contribution in [0, 0.1) is 0 Å². The van der Waals surface area contributed by atoms with E-state index >= 15 is 0 Å². The molecule has 0 heterocycles. The van der Waals surface area contributed by atoms with Crippen LogP contribution < -0.4 is 0 Å². The summed E-state index contributed by atoms with van der Waals surface area (Å²) in [6, 6.07) is 0. The van der Waals surface area contributed by atoms with E-state index in [1.807, 2.05) is 12.2 Å². The van der Waals surface area contributed by atoms with Crippen molar-refractivity contribution >= 4 is 39.5 Å². The molecular formula is C81H140O17P2. The molecule has 0 bridgehead atoms. The van der Waals surface area contributed by atoms with Gasteiger partial charge in [0, 0.05) is 25.7 Å². The molecule has 0 rings (SSSR count). The largest absolute Gasteiger partial charge is 0.472 e. The first-order valence-electron chi connectivity index (χ1n) is 39.2. The average molecular weight is 1450 g/mol. The van der Waals surface area contributed by atoms with Gasteiger partial charge in [-0.15, -0.1) is 0 Å². The van der Waals surface area contributed by atoms with Crippen molar-refractivity contribution in [1.29, 1.82) is 0 Å². The molecule has 0 fully saturated rings. The maximum Gasteiger partial charge on any atom is 0.472 e. The smallest absolute Gasteiger partial charge is 0.462 e. The van der Waals surface area contributed by atoms with Crippen molar-refractivity contribution < 1.29 is 80.2 Å². The summed E-state index contributed by atoms with van der Waals surface area (Å²) in [6.45, 7) is 4.70. The minimum Gasteiger partial charge on any atom is -0.462 e. The molecule has 0 aliphatic heterocycles. The maximum atomic E-state index is 13.1. The van der Waals surface area contributed by atoms with E-state index < -0.39 is 97.5 Å². The number of ether oxygens (including phenoxy) is 4. The van der Waals surface area contributed by atoms with Crippen molar-refractivity contribution in [2.45, 2.75) is 341 Å². The van der Waals surface area contributed by atoms with Crippen LogP contribution in [0.2, 0.25) is 0 Å². The monoisotopic (exact) mass is 1450 g/mol. The number of phosphoric ester groups is 2. The fourth-order valence-electron chi connectivity index (χ4n) is 10.2. The number of carbonyl (C=O) groups excluding carboxylic acids is 4. The second-order valence-corrected chi connectivity index (χ2v) is 28.9. The first-order chi connectivity index (χ1) is 48.7. The summed E-state index contributed by atoms with van der Waals surface area (Å²) in [5.41, 5.74) is 0. The molecule has 5 atom stereocenters. The van der Waals surface area contributed by atoms with Gasteiger partial charge in [-0.1, -0.05) is 265 Å². The highest BCUT2D eigenvalue weighted by atomic mass is 31.2. The lowest BCUT2D eigenvalue weighted by Gasteiger charge is -2.21. The molecule has 0 aliphatic rings. The zero-order chi connectivity index (χ0) is 73.2. The van der Waals surface area contributed by atoms with Gasteiger partial charge in [0.15, 0.2) is 12.2 Å². The van der Waals surface area contributed by atoms with Crippen LogP contribution in [0.1, 0.15) is 323 Å². The zero-order valence-electron chi connectivity index (χ0n) is 62.8.